The summed E-state index contributed by atoms with van der Waals surface area (Å²) in [6.07, 6.45) is 0. The van der Waals surface area contributed by atoms with E-state index in [2.05, 4.69) is 0 Å². The van der Waals surface area contributed by atoms with Crippen molar-refractivity contribution < 1.29 is 14.7 Å². The Kier molecular flexibility index (Phi) is 2.85. The van der Waals surface area contributed by atoms with E-state index in [4.69, 9.17) is 23.2 Å². The fraction of sp³-hybridized carbons (Fsp3) is 0.0667. The Balaban J connectivity index is 2.46. The Morgan fingerprint density at radius 1 is 0.800 bits per heavy atom. The Labute approximate surface area is 124 Å². The average molecular weight is 307 g/mol. The number of carbonyl (C=O) groups is 2. The number of hydrogen-bond donors (Lipinski definition) is 1. The molecule has 0 heterocycles. The van der Waals surface area contributed by atoms with E-state index in [1.165, 1.54) is 18.2 Å². The highest BCUT2D eigenvalue weighted by molar-refractivity contribution is 6.43. The van der Waals surface area contributed by atoms with Crippen molar-refractivity contribution in [1.82, 2.24) is 0 Å². The molecule has 0 fully saturated rings. The molecule has 3 nitrogen and oxygen atoms in total. The van der Waals surface area contributed by atoms with Crippen molar-refractivity contribution in [3.05, 3.63) is 62.1 Å². The summed E-state index contributed by atoms with van der Waals surface area (Å²) in [5.74, 6) is -1.11. The molecular formula is C15H8Cl2O3. The lowest BCUT2D eigenvalue weighted by Gasteiger charge is -2.21. The Hall–Kier alpha value is -1.84. The summed E-state index contributed by atoms with van der Waals surface area (Å²) in [5.41, 5.74) is 0.944. The van der Waals surface area contributed by atoms with Crippen LogP contribution in [0.15, 0.2) is 24.3 Å². The maximum absolute atomic E-state index is 12.6. The van der Waals surface area contributed by atoms with Crippen LogP contribution in [0.5, 0.6) is 5.75 Å². The van der Waals surface area contributed by atoms with Crippen LogP contribution in [0.25, 0.3) is 0 Å². The van der Waals surface area contributed by atoms with E-state index in [0.717, 1.165) is 0 Å². The van der Waals surface area contributed by atoms with E-state index in [9.17, 15) is 14.7 Å². The van der Waals surface area contributed by atoms with Crippen molar-refractivity contribution >= 4 is 34.8 Å². The van der Waals surface area contributed by atoms with Gasteiger partial charge in [0.25, 0.3) is 0 Å². The zero-order valence-corrected chi connectivity index (χ0v) is 11.8. The number of benzene rings is 2. The predicted molar refractivity (Wildman–Crippen MR) is 76.2 cm³/mol. The van der Waals surface area contributed by atoms with E-state index >= 15 is 0 Å². The summed E-state index contributed by atoms with van der Waals surface area (Å²) < 4.78 is 0. The molecule has 0 saturated heterocycles. The van der Waals surface area contributed by atoms with E-state index < -0.39 is 11.6 Å². The minimum Gasteiger partial charge on any atom is -0.507 e. The summed E-state index contributed by atoms with van der Waals surface area (Å²) in [5, 5.41) is 10.2. The summed E-state index contributed by atoms with van der Waals surface area (Å²) in [6, 6.07) is 5.92. The molecule has 0 atom stereocenters. The summed E-state index contributed by atoms with van der Waals surface area (Å²) >= 11 is 12.1. The highest BCUT2D eigenvalue weighted by Crippen LogP contribution is 2.39. The van der Waals surface area contributed by atoms with Gasteiger partial charge in [0.1, 0.15) is 5.75 Å². The van der Waals surface area contributed by atoms with Crippen LogP contribution in [0.1, 0.15) is 37.4 Å². The predicted octanol–water partition coefficient (Wildman–Crippen LogP) is 3.78. The van der Waals surface area contributed by atoms with E-state index in [1.54, 1.807) is 13.0 Å². The third kappa shape index (κ3) is 1.60. The van der Waals surface area contributed by atoms with Crippen LogP contribution in [0.2, 0.25) is 10.0 Å². The van der Waals surface area contributed by atoms with E-state index in [1.807, 2.05) is 0 Å². The standard InChI is InChI=1S/C15H8Cl2O3/c1-6-2-5-9(18)13-10(6)14(19)11-7(16)3-4-8(17)12(11)15(13)20/h2-5,18H,1H3. The van der Waals surface area contributed by atoms with Crippen LogP contribution >= 0.6 is 23.2 Å². The Bertz CT molecular complexity index is 665. The zero-order chi connectivity index (χ0) is 14.6. The zero-order valence-electron chi connectivity index (χ0n) is 10.3. The Morgan fingerprint density at radius 2 is 1.30 bits per heavy atom. The first kappa shape index (κ1) is 13.2. The number of ketones is 2. The summed E-state index contributed by atoms with van der Waals surface area (Å²) in [4.78, 5) is 25.1. The maximum Gasteiger partial charge on any atom is 0.199 e. The van der Waals surface area contributed by atoms with Crippen molar-refractivity contribution in [2.75, 3.05) is 0 Å². The number of rotatable bonds is 0. The molecule has 0 bridgehead atoms. The van der Waals surface area contributed by atoms with Gasteiger partial charge in [-0.1, -0.05) is 29.3 Å². The van der Waals surface area contributed by atoms with Gasteiger partial charge in [-0.25, -0.2) is 0 Å². The molecule has 20 heavy (non-hydrogen) atoms. The largest absolute Gasteiger partial charge is 0.507 e. The van der Waals surface area contributed by atoms with Crippen LogP contribution in [-0.2, 0) is 0 Å². The first-order chi connectivity index (χ1) is 9.43. The minimum absolute atomic E-state index is 0.00772. The van der Waals surface area contributed by atoms with Crippen LogP contribution in [0, 0.1) is 6.92 Å². The molecule has 1 N–H and O–H groups in total. The third-order valence-electron chi connectivity index (χ3n) is 3.40. The van der Waals surface area contributed by atoms with Gasteiger partial charge in [0, 0.05) is 5.56 Å². The molecule has 2 aromatic carbocycles. The lowest BCUT2D eigenvalue weighted by Crippen LogP contribution is -2.23. The normalized spacial score (nSPS) is 13.2. The van der Waals surface area contributed by atoms with E-state index in [0.29, 0.717) is 5.56 Å². The van der Waals surface area contributed by atoms with Crippen LogP contribution in [-0.4, -0.2) is 16.7 Å². The molecule has 0 amide bonds. The van der Waals surface area contributed by atoms with Crippen molar-refractivity contribution in [2.45, 2.75) is 6.92 Å². The molecule has 0 aromatic heterocycles. The second-order valence-corrected chi connectivity index (χ2v) is 5.40. The molecular weight excluding hydrogens is 299 g/mol. The molecule has 0 unspecified atom stereocenters. The number of fused-ring (bicyclic) bond motifs is 2. The number of phenols is 1. The Morgan fingerprint density at radius 3 is 1.85 bits per heavy atom. The fourth-order valence-corrected chi connectivity index (χ4v) is 2.95. The molecule has 0 spiro atoms. The third-order valence-corrected chi connectivity index (χ3v) is 4.03. The average Bonchev–Trinajstić information content (AvgIpc) is 2.41. The lowest BCUT2D eigenvalue weighted by molar-refractivity contribution is 0.0976. The van der Waals surface area contributed by atoms with E-state index in [-0.39, 0.29) is 38.0 Å². The van der Waals surface area contributed by atoms with Gasteiger partial charge in [0.15, 0.2) is 11.6 Å². The van der Waals surface area contributed by atoms with Gasteiger partial charge in [-0.3, -0.25) is 9.59 Å². The second-order valence-electron chi connectivity index (χ2n) is 4.59. The molecule has 0 aliphatic heterocycles. The molecule has 0 radical (unpaired) electrons. The molecule has 5 heteroatoms. The summed E-state index contributed by atoms with van der Waals surface area (Å²) in [6.45, 7) is 1.70. The molecule has 100 valence electrons. The van der Waals surface area contributed by atoms with Crippen LogP contribution < -0.4 is 0 Å². The number of phenolic OH excluding ortho intramolecular Hbond substituents is 1. The summed E-state index contributed by atoms with van der Waals surface area (Å²) in [7, 11) is 0. The van der Waals surface area contributed by atoms with Crippen molar-refractivity contribution in [1.29, 1.82) is 0 Å². The minimum atomic E-state index is -0.483. The molecule has 1 aliphatic rings. The molecule has 0 saturated carbocycles. The number of aryl methyl sites for hydroxylation is 1. The van der Waals surface area contributed by atoms with Crippen molar-refractivity contribution in [2.24, 2.45) is 0 Å². The number of halogens is 2. The van der Waals surface area contributed by atoms with Gasteiger partial charge in [-0.2, -0.15) is 0 Å². The quantitative estimate of drug-likeness (QED) is 0.687. The second kappa shape index (κ2) is 4.33. The van der Waals surface area contributed by atoms with Gasteiger partial charge in [0.05, 0.1) is 26.7 Å². The first-order valence-corrected chi connectivity index (χ1v) is 6.59. The van der Waals surface area contributed by atoms with Gasteiger partial charge in [0.2, 0.25) is 0 Å². The number of aromatic hydroxyl groups is 1. The topological polar surface area (TPSA) is 54.4 Å². The van der Waals surface area contributed by atoms with Gasteiger partial charge >= 0.3 is 0 Å². The van der Waals surface area contributed by atoms with Crippen molar-refractivity contribution in [3.8, 4) is 5.75 Å². The number of hydrogen-bond acceptors (Lipinski definition) is 3. The van der Waals surface area contributed by atoms with Crippen molar-refractivity contribution in [3.63, 3.8) is 0 Å². The highest BCUT2D eigenvalue weighted by atomic mass is 35.5. The maximum atomic E-state index is 12.6. The highest BCUT2D eigenvalue weighted by Gasteiger charge is 2.36. The molecule has 1 aliphatic carbocycles. The smallest absolute Gasteiger partial charge is 0.199 e. The van der Waals surface area contributed by atoms with Gasteiger partial charge in [-0.05, 0) is 30.7 Å². The molecule has 3 rings (SSSR count). The fourth-order valence-electron chi connectivity index (χ4n) is 2.46. The monoisotopic (exact) mass is 306 g/mol. The van der Waals surface area contributed by atoms with Gasteiger partial charge in [-0.15, -0.1) is 0 Å². The number of carbonyl (C=O) groups excluding carboxylic acids is 2. The SMILES string of the molecule is Cc1ccc(O)c2c1C(=O)c1c(Cl)ccc(Cl)c1C2=O. The van der Waals surface area contributed by atoms with Crippen LogP contribution in [0.4, 0.5) is 0 Å². The first-order valence-electron chi connectivity index (χ1n) is 5.83. The molecule has 2 aromatic rings. The van der Waals surface area contributed by atoms with Crippen LogP contribution in [0.3, 0.4) is 0 Å². The lowest BCUT2D eigenvalue weighted by atomic mass is 9.81. The van der Waals surface area contributed by atoms with Gasteiger partial charge < -0.3 is 5.11 Å².